The number of hydrogen-bond acceptors (Lipinski definition) is 3. The lowest BCUT2D eigenvalue weighted by molar-refractivity contribution is 0.320. The standard InChI is InChI=1S/C8H6N2O/c9-6-8(10-11)7-4-2-1-3-5-7/h1-5,11H/b10-8-. The van der Waals surface area contributed by atoms with Gasteiger partial charge in [0.15, 0.2) is 5.71 Å². The zero-order chi connectivity index (χ0) is 8.10. The van der Waals surface area contributed by atoms with Crippen molar-refractivity contribution in [1.82, 2.24) is 0 Å². The van der Waals surface area contributed by atoms with Gasteiger partial charge in [-0.2, -0.15) is 5.26 Å². The van der Waals surface area contributed by atoms with Crippen molar-refractivity contribution in [3.63, 3.8) is 0 Å². The molecule has 0 aromatic heterocycles. The van der Waals surface area contributed by atoms with Gasteiger partial charge in [0.2, 0.25) is 0 Å². The fraction of sp³-hybridized carbons (Fsp3) is 0. The van der Waals surface area contributed by atoms with E-state index >= 15 is 0 Å². The first kappa shape index (κ1) is 7.29. The highest BCUT2D eigenvalue weighted by atomic mass is 16.4. The molecule has 11 heavy (non-hydrogen) atoms. The maximum Gasteiger partial charge on any atom is 0.186 e. The summed E-state index contributed by atoms with van der Waals surface area (Å²) in [6.07, 6.45) is 0. The van der Waals surface area contributed by atoms with Crippen molar-refractivity contribution in [2.75, 3.05) is 0 Å². The zero-order valence-electron chi connectivity index (χ0n) is 5.73. The Kier molecular flexibility index (Phi) is 2.24. The van der Waals surface area contributed by atoms with Crippen LogP contribution in [0.1, 0.15) is 5.56 Å². The van der Waals surface area contributed by atoms with Crippen LogP contribution in [0.2, 0.25) is 0 Å². The van der Waals surface area contributed by atoms with Crippen LogP contribution in [-0.4, -0.2) is 10.9 Å². The molecule has 0 fully saturated rings. The third-order valence-electron chi connectivity index (χ3n) is 1.25. The Balaban J connectivity index is 3.05. The van der Waals surface area contributed by atoms with E-state index in [9.17, 15) is 0 Å². The van der Waals surface area contributed by atoms with Gasteiger partial charge in [0, 0.05) is 5.56 Å². The van der Waals surface area contributed by atoms with Crippen LogP contribution in [-0.2, 0) is 0 Å². The highest BCUT2D eigenvalue weighted by Crippen LogP contribution is 1.99. The predicted octanol–water partition coefficient (Wildman–Crippen LogP) is 1.39. The number of nitriles is 1. The molecule has 1 aromatic rings. The molecule has 0 aliphatic rings. The van der Waals surface area contributed by atoms with Crippen LogP contribution >= 0.6 is 0 Å². The summed E-state index contributed by atoms with van der Waals surface area (Å²) in [6, 6.07) is 10.6. The van der Waals surface area contributed by atoms with Crippen LogP contribution in [0.4, 0.5) is 0 Å². The fourth-order valence-electron chi connectivity index (χ4n) is 0.741. The van der Waals surface area contributed by atoms with Gasteiger partial charge in [-0.15, -0.1) is 0 Å². The van der Waals surface area contributed by atoms with Gasteiger partial charge in [0.05, 0.1) is 0 Å². The smallest absolute Gasteiger partial charge is 0.186 e. The highest BCUT2D eigenvalue weighted by molar-refractivity contribution is 6.11. The van der Waals surface area contributed by atoms with E-state index in [1.54, 1.807) is 30.3 Å². The average molecular weight is 146 g/mol. The summed E-state index contributed by atoms with van der Waals surface area (Å²) in [6.45, 7) is 0. The molecule has 0 radical (unpaired) electrons. The molecule has 0 amide bonds. The molecule has 0 saturated carbocycles. The molecule has 0 heterocycles. The van der Waals surface area contributed by atoms with Gasteiger partial charge in [-0.05, 0) is 0 Å². The number of hydrogen-bond donors (Lipinski definition) is 1. The van der Waals surface area contributed by atoms with Gasteiger partial charge in [-0.1, -0.05) is 35.5 Å². The second-order valence-electron chi connectivity index (χ2n) is 1.93. The molecule has 1 N–H and O–H groups in total. The summed E-state index contributed by atoms with van der Waals surface area (Å²) < 4.78 is 0. The van der Waals surface area contributed by atoms with E-state index in [0.29, 0.717) is 5.56 Å². The average Bonchev–Trinajstić information content (AvgIpc) is 2.09. The molecule has 0 bridgehead atoms. The Morgan fingerprint density at radius 3 is 2.45 bits per heavy atom. The molecule has 54 valence electrons. The summed E-state index contributed by atoms with van der Waals surface area (Å²) in [5.74, 6) is 0. The van der Waals surface area contributed by atoms with Crippen molar-refractivity contribution in [3.8, 4) is 6.07 Å². The number of benzene rings is 1. The van der Waals surface area contributed by atoms with Crippen LogP contribution in [0.3, 0.4) is 0 Å². The number of oxime groups is 1. The van der Waals surface area contributed by atoms with Crippen LogP contribution in [0.5, 0.6) is 0 Å². The van der Waals surface area contributed by atoms with Crippen molar-refractivity contribution in [1.29, 1.82) is 5.26 Å². The summed E-state index contributed by atoms with van der Waals surface area (Å²) in [7, 11) is 0. The first-order chi connectivity index (χ1) is 5.38. The summed E-state index contributed by atoms with van der Waals surface area (Å²) >= 11 is 0. The lowest BCUT2D eigenvalue weighted by Crippen LogP contribution is -1.95. The van der Waals surface area contributed by atoms with Crippen LogP contribution < -0.4 is 0 Å². The largest absolute Gasteiger partial charge is 0.410 e. The third-order valence-corrected chi connectivity index (χ3v) is 1.25. The first-order valence-corrected chi connectivity index (χ1v) is 3.06. The normalized spacial score (nSPS) is 10.6. The van der Waals surface area contributed by atoms with Gasteiger partial charge in [-0.3, -0.25) is 0 Å². The van der Waals surface area contributed by atoms with E-state index in [0.717, 1.165) is 0 Å². The fourth-order valence-corrected chi connectivity index (χ4v) is 0.741. The minimum atomic E-state index is 0.0330. The Hall–Kier alpha value is -1.82. The quantitative estimate of drug-likeness (QED) is 0.369. The Morgan fingerprint density at radius 1 is 1.36 bits per heavy atom. The Bertz CT molecular complexity index is 298. The molecule has 1 rings (SSSR count). The maximum atomic E-state index is 8.44. The van der Waals surface area contributed by atoms with Gasteiger partial charge >= 0.3 is 0 Å². The number of nitrogens with zero attached hydrogens (tertiary/aromatic N) is 2. The van der Waals surface area contributed by atoms with Crippen molar-refractivity contribution in [3.05, 3.63) is 35.9 Å². The van der Waals surface area contributed by atoms with Crippen LogP contribution in [0, 0.1) is 11.3 Å². The van der Waals surface area contributed by atoms with Crippen molar-refractivity contribution in [2.45, 2.75) is 0 Å². The van der Waals surface area contributed by atoms with Crippen molar-refractivity contribution >= 4 is 5.71 Å². The van der Waals surface area contributed by atoms with Crippen molar-refractivity contribution < 1.29 is 5.21 Å². The SMILES string of the molecule is N#C/C(=N/O)c1ccccc1. The second kappa shape index (κ2) is 3.37. The van der Waals surface area contributed by atoms with Gasteiger partial charge in [0.25, 0.3) is 0 Å². The van der Waals surface area contributed by atoms with E-state index in [2.05, 4.69) is 5.16 Å². The van der Waals surface area contributed by atoms with Crippen LogP contribution in [0.15, 0.2) is 35.5 Å². The van der Waals surface area contributed by atoms with E-state index in [-0.39, 0.29) is 5.71 Å². The van der Waals surface area contributed by atoms with E-state index < -0.39 is 0 Å². The maximum absolute atomic E-state index is 8.44. The topological polar surface area (TPSA) is 56.4 Å². The molecule has 0 unspecified atom stereocenters. The molecule has 0 spiro atoms. The summed E-state index contributed by atoms with van der Waals surface area (Å²) in [5, 5.41) is 19.6. The van der Waals surface area contributed by atoms with Crippen molar-refractivity contribution in [2.24, 2.45) is 5.16 Å². The molecule has 1 aromatic carbocycles. The third kappa shape index (κ3) is 1.55. The second-order valence-corrected chi connectivity index (χ2v) is 1.93. The molecule has 0 atom stereocenters. The molecule has 0 saturated heterocycles. The monoisotopic (exact) mass is 146 g/mol. The van der Waals surface area contributed by atoms with Gasteiger partial charge < -0.3 is 5.21 Å². The van der Waals surface area contributed by atoms with Gasteiger partial charge in [-0.25, -0.2) is 0 Å². The molecule has 0 aliphatic heterocycles. The summed E-state index contributed by atoms with van der Waals surface area (Å²) in [4.78, 5) is 0. The summed E-state index contributed by atoms with van der Waals surface area (Å²) in [5.41, 5.74) is 0.656. The Labute approximate surface area is 64.2 Å². The van der Waals surface area contributed by atoms with E-state index in [1.165, 1.54) is 0 Å². The molecule has 3 nitrogen and oxygen atoms in total. The lowest BCUT2D eigenvalue weighted by atomic mass is 10.1. The van der Waals surface area contributed by atoms with E-state index in [1.807, 2.05) is 6.07 Å². The lowest BCUT2D eigenvalue weighted by Gasteiger charge is -1.91. The molecular formula is C8H6N2O. The first-order valence-electron chi connectivity index (χ1n) is 3.06. The minimum Gasteiger partial charge on any atom is -0.410 e. The molecule has 3 heteroatoms. The molecule has 0 aliphatic carbocycles. The predicted molar refractivity (Wildman–Crippen MR) is 40.4 cm³/mol. The van der Waals surface area contributed by atoms with E-state index in [4.69, 9.17) is 10.5 Å². The minimum absolute atomic E-state index is 0.0330. The highest BCUT2D eigenvalue weighted by Gasteiger charge is 1.99. The molecular weight excluding hydrogens is 140 g/mol. The van der Waals surface area contributed by atoms with Gasteiger partial charge in [0.1, 0.15) is 6.07 Å². The number of rotatable bonds is 1. The van der Waals surface area contributed by atoms with Crippen LogP contribution in [0.25, 0.3) is 0 Å². The Morgan fingerprint density at radius 2 is 2.00 bits per heavy atom. The zero-order valence-corrected chi connectivity index (χ0v) is 5.73.